The third-order valence-corrected chi connectivity index (χ3v) is 2.78. The van der Waals surface area contributed by atoms with Gasteiger partial charge in [-0.2, -0.15) is 4.98 Å². The molecule has 0 bridgehead atoms. The van der Waals surface area contributed by atoms with Crippen LogP contribution in [-0.4, -0.2) is 23.3 Å². The molecule has 0 aliphatic carbocycles. The van der Waals surface area contributed by atoms with Crippen LogP contribution in [0.5, 0.6) is 5.75 Å². The minimum absolute atomic E-state index is 0.0518. The Morgan fingerprint density at radius 2 is 2.17 bits per heavy atom. The van der Waals surface area contributed by atoms with Gasteiger partial charge in [-0.05, 0) is 18.6 Å². The van der Waals surface area contributed by atoms with Crippen LogP contribution in [0.15, 0.2) is 28.8 Å². The molecule has 0 radical (unpaired) electrons. The van der Waals surface area contributed by atoms with Gasteiger partial charge in [0.05, 0.1) is 12.7 Å². The van der Waals surface area contributed by atoms with E-state index in [2.05, 4.69) is 10.1 Å². The summed E-state index contributed by atoms with van der Waals surface area (Å²) in [7, 11) is 1.62. The summed E-state index contributed by atoms with van der Waals surface area (Å²) in [4.78, 5) is 4.34. The van der Waals surface area contributed by atoms with Gasteiger partial charge in [0.1, 0.15) is 5.75 Å². The van der Waals surface area contributed by atoms with E-state index >= 15 is 0 Å². The second-order valence-electron chi connectivity index (χ2n) is 4.08. The van der Waals surface area contributed by atoms with Crippen molar-refractivity contribution < 1.29 is 9.26 Å². The zero-order chi connectivity index (χ0) is 13.0. The first-order valence-electron chi connectivity index (χ1n) is 5.96. The van der Waals surface area contributed by atoms with Crippen molar-refractivity contribution in [2.24, 2.45) is 5.73 Å². The molecular formula is C13H17N3O2. The minimum atomic E-state index is 0.0518. The van der Waals surface area contributed by atoms with Crippen LogP contribution >= 0.6 is 0 Å². The van der Waals surface area contributed by atoms with Crippen LogP contribution < -0.4 is 10.5 Å². The van der Waals surface area contributed by atoms with Gasteiger partial charge in [-0.25, -0.2) is 0 Å². The van der Waals surface area contributed by atoms with Gasteiger partial charge in [-0.1, -0.05) is 24.2 Å². The molecule has 1 atom stereocenters. The number of hydrogen-bond donors (Lipinski definition) is 1. The van der Waals surface area contributed by atoms with Gasteiger partial charge in [-0.3, -0.25) is 0 Å². The van der Waals surface area contributed by atoms with Gasteiger partial charge in [-0.15, -0.1) is 0 Å². The Morgan fingerprint density at radius 1 is 1.39 bits per heavy atom. The molecule has 1 aromatic heterocycles. The van der Waals surface area contributed by atoms with Crippen LogP contribution in [-0.2, 0) is 6.42 Å². The SMILES string of the molecule is CCC(N)Cc1nc(-c2ccccc2OC)no1. The minimum Gasteiger partial charge on any atom is -0.496 e. The van der Waals surface area contributed by atoms with Crippen LogP contribution in [0.3, 0.4) is 0 Å². The molecule has 2 rings (SSSR count). The largest absolute Gasteiger partial charge is 0.496 e. The lowest BCUT2D eigenvalue weighted by atomic mass is 10.1. The molecular weight excluding hydrogens is 230 g/mol. The second kappa shape index (κ2) is 5.64. The molecule has 18 heavy (non-hydrogen) atoms. The first-order chi connectivity index (χ1) is 8.74. The maximum atomic E-state index is 5.86. The number of ether oxygens (including phenoxy) is 1. The Labute approximate surface area is 106 Å². The number of nitrogens with zero attached hydrogens (tertiary/aromatic N) is 2. The highest BCUT2D eigenvalue weighted by Crippen LogP contribution is 2.27. The number of rotatable bonds is 5. The van der Waals surface area contributed by atoms with Crippen molar-refractivity contribution in [3.05, 3.63) is 30.2 Å². The van der Waals surface area contributed by atoms with Crippen molar-refractivity contribution >= 4 is 0 Å². The number of hydrogen-bond acceptors (Lipinski definition) is 5. The first-order valence-corrected chi connectivity index (χ1v) is 5.96. The molecule has 5 heteroatoms. The maximum absolute atomic E-state index is 5.86. The molecule has 0 saturated heterocycles. The van der Waals surface area contributed by atoms with Gasteiger partial charge in [0, 0.05) is 12.5 Å². The summed E-state index contributed by atoms with van der Waals surface area (Å²) in [5, 5.41) is 3.96. The summed E-state index contributed by atoms with van der Waals surface area (Å²) in [5.41, 5.74) is 6.68. The smallest absolute Gasteiger partial charge is 0.228 e. The van der Waals surface area contributed by atoms with Gasteiger partial charge in [0.15, 0.2) is 0 Å². The zero-order valence-electron chi connectivity index (χ0n) is 10.6. The lowest BCUT2D eigenvalue weighted by Crippen LogP contribution is -2.21. The molecule has 0 spiro atoms. The van der Waals surface area contributed by atoms with Crippen molar-refractivity contribution in [3.8, 4) is 17.1 Å². The zero-order valence-corrected chi connectivity index (χ0v) is 10.6. The Morgan fingerprint density at radius 3 is 2.89 bits per heavy atom. The van der Waals surface area contributed by atoms with Gasteiger partial charge in [0.25, 0.3) is 0 Å². The fourth-order valence-corrected chi connectivity index (χ4v) is 1.65. The van der Waals surface area contributed by atoms with E-state index in [1.807, 2.05) is 31.2 Å². The summed E-state index contributed by atoms with van der Waals surface area (Å²) in [6, 6.07) is 7.62. The third kappa shape index (κ3) is 2.68. The third-order valence-electron chi connectivity index (χ3n) is 2.78. The van der Waals surface area contributed by atoms with E-state index in [4.69, 9.17) is 15.0 Å². The molecule has 0 fully saturated rings. The van der Waals surface area contributed by atoms with Crippen LogP contribution in [0.2, 0.25) is 0 Å². The Kier molecular flexibility index (Phi) is 3.94. The molecule has 1 heterocycles. The first kappa shape index (κ1) is 12.6. The molecule has 0 aliphatic rings. The topological polar surface area (TPSA) is 74.2 Å². The maximum Gasteiger partial charge on any atom is 0.228 e. The van der Waals surface area contributed by atoms with Gasteiger partial charge in [0.2, 0.25) is 11.7 Å². The Balaban J connectivity index is 2.24. The molecule has 0 aliphatic heterocycles. The van der Waals surface area contributed by atoms with E-state index < -0.39 is 0 Å². The van der Waals surface area contributed by atoms with E-state index in [0.29, 0.717) is 18.1 Å². The van der Waals surface area contributed by atoms with Crippen LogP contribution in [0.25, 0.3) is 11.4 Å². The van der Waals surface area contributed by atoms with Crippen molar-refractivity contribution in [3.63, 3.8) is 0 Å². The predicted octanol–water partition coefficient (Wildman–Crippen LogP) is 2.02. The number of benzene rings is 1. The average molecular weight is 247 g/mol. The number of aromatic nitrogens is 2. The lowest BCUT2D eigenvalue weighted by molar-refractivity contribution is 0.367. The summed E-state index contributed by atoms with van der Waals surface area (Å²) in [5.74, 6) is 1.82. The highest BCUT2D eigenvalue weighted by Gasteiger charge is 2.14. The van der Waals surface area contributed by atoms with Crippen molar-refractivity contribution in [1.82, 2.24) is 10.1 Å². The fraction of sp³-hybridized carbons (Fsp3) is 0.385. The molecule has 0 amide bonds. The van der Waals surface area contributed by atoms with Crippen LogP contribution in [0, 0.1) is 0 Å². The van der Waals surface area contributed by atoms with Crippen molar-refractivity contribution in [1.29, 1.82) is 0 Å². The summed E-state index contributed by atoms with van der Waals surface area (Å²) < 4.78 is 10.5. The highest BCUT2D eigenvalue weighted by atomic mass is 16.5. The van der Waals surface area contributed by atoms with E-state index in [1.54, 1.807) is 7.11 Å². The molecule has 96 valence electrons. The molecule has 1 aromatic carbocycles. The quantitative estimate of drug-likeness (QED) is 0.875. The standard InChI is InChI=1S/C13H17N3O2/c1-3-9(14)8-12-15-13(16-18-12)10-6-4-5-7-11(10)17-2/h4-7,9H,3,8,14H2,1-2H3. The summed E-state index contributed by atoms with van der Waals surface area (Å²) >= 11 is 0. The van der Waals surface area contributed by atoms with Crippen LogP contribution in [0.1, 0.15) is 19.2 Å². The van der Waals surface area contributed by atoms with Gasteiger partial charge >= 0.3 is 0 Å². The summed E-state index contributed by atoms with van der Waals surface area (Å²) in [6.07, 6.45) is 1.48. The highest BCUT2D eigenvalue weighted by molar-refractivity contribution is 5.63. The predicted molar refractivity (Wildman–Crippen MR) is 68.3 cm³/mol. The van der Waals surface area contributed by atoms with Crippen molar-refractivity contribution in [2.75, 3.05) is 7.11 Å². The number of para-hydroxylation sites is 1. The van der Waals surface area contributed by atoms with E-state index in [0.717, 1.165) is 17.7 Å². The van der Waals surface area contributed by atoms with Crippen molar-refractivity contribution in [2.45, 2.75) is 25.8 Å². The number of methoxy groups -OCH3 is 1. The molecule has 5 nitrogen and oxygen atoms in total. The van der Waals surface area contributed by atoms with E-state index in [9.17, 15) is 0 Å². The number of nitrogens with two attached hydrogens (primary N) is 1. The van der Waals surface area contributed by atoms with E-state index in [1.165, 1.54) is 0 Å². The normalized spacial score (nSPS) is 12.4. The Hall–Kier alpha value is -1.88. The van der Waals surface area contributed by atoms with E-state index in [-0.39, 0.29) is 6.04 Å². The monoisotopic (exact) mass is 247 g/mol. The van der Waals surface area contributed by atoms with Gasteiger partial charge < -0.3 is 15.0 Å². The second-order valence-corrected chi connectivity index (χ2v) is 4.08. The summed E-state index contributed by atoms with van der Waals surface area (Å²) in [6.45, 7) is 2.03. The van der Waals surface area contributed by atoms with Crippen LogP contribution in [0.4, 0.5) is 0 Å². The lowest BCUT2D eigenvalue weighted by Gasteiger charge is -2.03. The Bertz CT molecular complexity index is 510. The molecule has 0 saturated carbocycles. The fourth-order valence-electron chi connectivity index (χ4n) is 1.65. The molecule has 2 aromatic rings. The average Bonchev–Trinajstić information content (AvgIpc) is 2.86. The molecule has 1 unspecified atom stereocenters. The molecule has 2 N–H and O–H groups in total.